The number of nitrogens with zero attached hydrogens (tertiary/aromatic N) is 2. The molecule has 2 atom stereocenters. The third-order valence-electron chi connectivity index (χ3n) is 4.71. The number of hydrogen-bond donors (Lipinski definition) is 2. The number of aryl methyl sites for hydroxylation is 1. The maximum Gasteiger partial charge on any atom is 0.272 e. The van der Waals surface area contributed by atoms with Crippen molar-refractivity contribution in [3.05, 3.63) is 63.7 Å². The molecular formula is C18H20N4O2. The molecule has 0 amide bonds. The van der Waals surface area contributed by atoms with Crippen LogP contribution in [0.25, 0.3) is 5.65 Å². The van der Waals surface area contributed by atoms with Crippen LogP contribution in [0.4, 0.5) is 0 Å². The van der Waals surface area contributed by atoms with Crippen molar-refractivity contribution in [1.29, 1.82) is 0 Å². The van der Waals surface area contributed by atoms with Gasteiger partial charge in [-0.15, -0.1) is 0 Å². The number of H-pyrrole nitrogens is 1. The van der Waals surface area contributed by atoms with E-state index in [0.29, 0.717) is 5.65 Å². The molecule has 3 aromatic rings. The van der Waals surface area contributed by atoms with E-state index in [0.717, 1.165) is 30.2 Å². The Morgan fingerprint density at radius 2 is 2.04 bits per heavy atom. The summed E-state index contributed by atoms with van der Waals surface area (Å²) < 4.78 is 6.83. The molecule has 6 nitrogen and oxygen atoms in total. The van der Waals surface area contributed by atoms with Crippen LogP contribution in [-0.4, -0.2) is 34.8 Å². The summed E-state index contributed by atoms with van der Waals surface area (Å²) in [5.74, 6) is 1.29. The van der Waals surface area contributed by atoms with E-state index >= 15 is 0 Å². The highest BCUT2D eigenvalue weighted by molar-refractivity contribution is 5.41. The Labute approximate surface area is 139 Å². The van der Waals surface area contributed by atoms with Crippen molar-refractivity contribution in [1.82, 2.24) is 19.9 Å². The molecule has 124 valence electrons. The largest absolute Gasteiger partial charge is 0.497 e. The van der Waals surface area contributed by atoms with E-state index in [4.69, 9.17) is 9.72 Å². The van der Waals surface area contributed by atoms with E-state index in [2.05, 4.69) is 22.5 Å². The summed E-state index contributed by atoms with van der Waals surface area (Å²) in [6, 6.07) is 11.7. The van der Waals surface area contributed by atoms with Crippen LogP contribution in [0.3, 0.4) is 0 Å². The van der Waals surface area contributed by atoms with Gasteiger partial charge in [0.25, 0.3) is 5.56 Å². The highest BCUT2D eigenvalue weighted by atomic mass is 16.5. The summed E-state index contributed by atoms with van der Waals surface area (Å²) in [4.78, 5) is 17.1. The summed E-state index contributed by atoms with van der Waals surface area (Å²) in [6.07, 6.45) is 0. The second-order valence-electron chi connectivity index (χ2n) is 6.30. The number of aromatic amines is 1. The lowest BCUT2D eigenvalue weighted by Crippen LogP contribution is -2.19. The molecule has 0 bridgehead atoms. The fourth-order valence-corrected chi connectivity index (χ4v) is 3.53. The van der Waals surface area contributed by atoms with Gasteiger partial charge < -0.3 is 10.1 Å². The van der Waals surface area contributed by atoms with Gasteiger partial charge in [0.15, 0.2) is 5.65 Å². The molecule has 0 radical (unpaired) electrons. The molecule has 1 aromatic carbocycles. The number of benzene rings is 1. The molecule has 24 heavy (non-hydrogen) atoms. The van der Waals surface area contributed by atoms with Crippen LogP contribution in [0.1, 0.15) is 28.8 Å². The molecule has 0 spiro atoms. The van der Waals surface area contributed by atoms with E-state index in [9.17, 15) is 4.79 Å². The quantitative estimate of drug-likeness (QED) is 0.771. The smallest absolute Gasteiger partial charge is 0.272 e. The fourth-order valence-electron chi connectivity index (χ4n) is 3.53. The number of aromatic nitrogens is 3. The Bertz CT molecular complexity index is 944. The van der Waals surface area contributed by atoms with Gasteiger partial charge in [0.05, 0.1) is 12.8 Å². The Balaban J connectivity index is 1.76. The monoisotopic (exact) mass is 324 g/mol. The van der Waals surface area contributed by atoms with E-state index < -0.39 is 0 Å². The summed E-state index contributed by atoms with van der Waals surface area (Å²) >= 11 is 0. The molecule has 1 aliphatic heterocycles. The van der Waals surface area contributed by atoms with Crippen molar-refractivity contribution < 1.29 is 4.74 Å². The Morgan fingerprint density at radius 1 is 1.21 bits per heavy atom. The maximum atomic E-state index is 12.4. The highest BCUT2D eigenvalue weighted by Crippen LogP contribution is 2.35. The fraction of sp³-hybridized carbons (Fsp3) is 0.333. The SMILES string of the molecule is COc1cccc(C2CNCC2c2cc(=O)n3[nH]c(C)cc3n2)c1. The molecule has 0 aliphatic carbocycles. The number of ether oxygens (including phenoxy) is 1. The molecule has 0 saturated carbocycles. The molecule has 1 aliphatic rings. The Morgan fingerprint density at radius 3 is 2.88 bits per heavy atom. The summed E-state index contributed by atoms with van der Waals surface area (Å²) in [6.45, 7) is 3.60. The van der Waals surface area contributed by atoms with Crippen molar-refractivity contribution in [2.75, 3.05) is 20.2 Å². The first kappa shape index (κ1) is 15.0. The summed E-state index contributed by atoms with van der Waals surface area (Å²) in [7, 11) is 1.67. The number of methoxy groups -OCH3 is 1. The first-order chi connectivity index (χ1) is 11.7. The minimum absolute atomic E-state index is 0.0700. The molecule has 6 heteroatoms. The minimum atomic E-state index is -0.0700. The standard InChI is InChI=1S/C18H20N4O2/c1-11-6-17-20-16(8-18(23)22(17)21-11)15-10-19-9-14(15)12-4-3-5-13(7-12)24-2/h3-8,14-15,19,21H,9-10H2,1-2H3. The van der Waals surface area contributed by atoms with Crippen molar-refractivity contribution in [3.8, 4) is 5.75 Å². The molecule has 3 heterocycles. The van der Waals surface area contributed by atoms with Gasteiger partial charge in [0.2, 0.25) is 0 Å². The van der Waals surface area contributed by atoms with Gasteiger partial charge in [-0.3, -0.25) is 9.89 Å². The predicted molar refractivity (Wildman–Crippen MR) is 91.9 cm³/mol. The lowest BCUT2D eigenvalue weighted by Gasteiger charge is -2.19. The van der Waals surface area contributed by atoms with Crippen LogP contribution >= 0.6 is 0 Å². The van der Waals surface area contributed by atoms with Crippen LogP contribution in [0.15, 0.2) is 41.2 Å². The van der Waals surface area contributed by atoms with Gasteiger partial charge in [0, 0.05) is 42.8 Å². The molecule has 1 saturated heterocycles. The van der Waals surface area contributed by atoms with Crippen LogP contribution < -0.4 is 15.6 Å². The first-order valence-electron chi connectivity index (χ1n) is 8.09. The third kappa shape index (κ3) is 2.49. The normalized spacial score (nSPS) is 20.6. The van der Waals surface area contributed by atoms with Gasteiger partial charge in [-0.2, -0.15) is 0 Å². The molecule has 2 unspecified atom stereocenters. The molecule has 4 rings (SSSR count). The zero-order valence-corrected chi connectivity index (χ0v) is 13.7. The van der Waals surface area contributed by atoms with E-state index in [1.165, 1.54) is 10.1 Å². The van der Waals surface area contributed by atoms with Crippen LogP contribution in [-0.2, 0) is 0 Å². The Hall–Kier alpha value is -2.60. The zero-order chi connectivity index (χ0) is 16.7. The second kappa shape index (κ2) is 5.79. The van der Waals surface area contributed by atoms with Gasteiger partial charge in [-0.1, -0.05) is 12.1 Å². The summed E-state index contributed by atoms with van der Waals surface area (Å²) in [5.41, 5.74) is 3.57. The van der Waals surface area contributed by atoms with E-state index in [1.807, 2.05) is 25.1 Å². The van der Waals surface area contributed by atoms with Gasteiger partial charge in [-0.25, -0.2) is 9.50 Å². The average Bonchev–Trinajstić information content (AvgIpc) is 3.21. The second-order valence-corrected chi connectivity index (χ2v) is 6.30. The number of rotatable bonds is 3. The van der Waals surface area contributed by atoms with Crippen molar-refractivity contribution in [3.63, 3.8) is 0 Å². The average molecular weight is 324 g/mol. The van der Waals surface area contributed by atoms with Gasteiger partial charge >= 0.3 is 0 Å². The highest BCUT2D eigenvalue weighted by Gasteiger charge is 2.31. The third-order valence-corrected chi connectivity index (χ3v) is 4.71. The van der Waals surface area contributed by atoms with Crippen LogP contribution in [0.5, 0.6) is 5.75 Å². The minimum Gasteiger partial charge on any atom is -0.497 e. The summed E-state index contributed by atoms with van der Waals surface area (Å²) in [5, 5.41) is 6.44. The molecule has 1 fully saturated rings. The maximum absolute atomic E-state index is 12.4. The van der Waals surface area contributed by atoms with Crippen molar-refractivity contribution in [2.24, 2.45) is 0 Å². The first-order valence-corrected chi connectivity index (χ1v) is 8.09. The van der Waals surface area contributed by atoms with Crippen LogP contribution in [0, 0.1) is 6.92 Å². The topological polar surface area (TPSA) is 71.4 Å². The van der Waals surface area contributed by atoms with Crippen molar-refractivity contribution in [2.45, 2.75) is 18.8 Å². The molecular weight excluding hydrogens is 304 g/mol. The molecule has 2 aromatic heterocycles. The Kier molecular flexibility index (Phi) is 3.61. The van der Waals surface area contributed by atoms with E-state index in [1.54, 1.807) is 13.2 Å². The van der Waals surface area contributed by atoms with Gasteiger partial charge in [-0.05, 0) is 24.6 Å². The lowest BCUT2D eigenvalue weighted by molar-refractivity contribution is 0.413. The number of nitrogens with one attached hydrogen (secondary N) is 2. The predicted octanol–water partition coefficient (Wildman–Crippen LogP) is 1.81. The number of fused-ring (bicyclic) bond motifs is 1. The van der Waals surface area contributed by atoms with Crippen LogP contribution in [0.2, 0.25) is 0 Å². The lowest BCUT2D eigenvalue weighted by atomic mass is 9.86. The van der Waals surface area contributed by atoms with E-state index in [-0.39, 0.29) is 17.4 Å². The number of hydrogen-bond acceptors (Lipinski definition) is 4. The van der Waals surface area contributed by atoms with Crippen molar-refractivity contribution >= 4 is 5.65 Å². The molecule has 2 N–H and O–H groups in total. The zero-order valence-electron chi connectivity index (χ0n) is 13.7. The van der Waals surface area contributed by atoms with Gasteiger partial charge in [0.1, 0.15) is 5.75 Å².